The lowest BCUT2D eigenvalue weighted by molar-refractivity contribution is 1.60. The lowest BCUT2D eigenvalue weighted by Gasteiger charge is -2.22. The topological polar surface area (TPSA) is 0 Å². The molecule has 0 N–H and O–H groups in total. The van der Waals surface area contributed by atoms with Crippen LogP contribution < -0.4 is 0 Å². The van der Waals surface area contributed by atoms with Crippen molar-refractivity contribution in [2.24, 2.45) is 0 Å². The maximum absolute atomic E-state index is 2.47. The van der Waals surface area contributed by atoms with Gasteiger partial charge in [0.15, 0.2) is 0 Å². The van der Waals surface area contributed by atoms with E-state index >= 15 is 0 Å². The third-order valence-corrected chi connectivity index (χ3v) is 30.7. The lowest BCUT2D eigenvalue weighted by Crippen LogP contribution is -1.95. The molecule has 0 atom stereocenters. The van der Waals surface area contributed by atoms with Crippen molar-refractivity contribution in [3.8, 4) is 134 Å². The van der Waals surface area contributed by atoms with Crippen LogP contribution in [0.3, 0.4) is 0 Å². The summed E-state index contributed by atoms with van der Waals surface area (Å²) in [6.07, 6.45) is 0. The quantitative estimate of drug-likeness (QED) is 0.107. The Hall–Kier alpha value is -18.7. The van der Waals surface area contributed by atoms with E-state index in [1.165, 1.54) is 295 Å². The zero-order valence-corrected chi connectivity index (χ0v) is 79.0. The maximum atomic E-state index is 2.47. The van der Waals surface area contributed by atoms with Crippen LogP contribution in [-0.4, -0.2) is 0 Å². The van der Waals surface area contributed by atoms with E-state index in [-0.39, 0.29) is 0 Å². The number of hydrogen-bond donors (Lipinski definition) is 0. The van der Waals surface area contributed by atoms with Gasteiger partial charge in [0.05, 0.1) is 0 Å². The fourth-order valence-electron chi connectivity index (χ4n) is 23.9. The van der Waals surface area contributed by atoms with Crippen LogP contribution in [0, 0.1) is 0 Å². The Bertz CT molecular complexity index is 10100. The van der Waals surface area contributed by atoms with Gasteiger partial charge < -0.3 is 0 Å². The first-order valence-electron chi connectivity index (χ1n) is 50.0. The number of hydrogen-bond acceptors (Lipinski definition) is 0. The van der Waals surface area contributed by atoms with Gasteiger partial charge in [0.2, 0.25) is 0 Å². The minimum Gasteiger partial charge on any atom is -0.0622 e. The second-order valence-electron chi connectivity index (χ2n) is 38.5. The highest BCUT2D eigenvalue weighted by Crippen LogP contribution is 2.55. The van der Waals surface area contributed by atoms with Gasteiger partial charge in [-0.15, -0.1) is 0 Å². The first kappa shape index (κ1) is 83.4. The third kappa shape index (κ3) is 14.1. The number of benzene rings is 30. The molecule has 0 unspecified atom stereocenters. The van der Waals surface area contributed by atoms with E-state index in [0.29, 0.717) is 0 Å². The molecular formula is C144H90. The van der Waals surface area contributed by atoms with Crippen molar-refractivity contribution in [2.75, 3.05) is 0 Å². The predicted molar refractivity (Wildman–Crippen MR) is 621 cm³/mol. The van der Waals surface area contributed by atoms with Gasteiger partial charge in [-0.05, 0) is 338 Å². The van der Waals surface area contributed by atoms with E-state index in [9.17, 15) is 0 Å². The average molecular weight is 1820 g/mol. The molecule has 30 aromatic rings. The monoisotopic (exact) mass is 1820 g/mol. The normalized spacial score (nSPS) is 11.8. The van der Waals surface area contributed by atoms with Crippen LogP contribution in [0.2, 0.25) is 0 Å². The van der Waals surface area contributed by atoms with Gasteiger partial charge in [-0.1, -0.05) is 504 Å². The SMILES string of the molecule is c1ccc(-c2cc(-c3ccc4ccccc4c3)c3ccc4c(-c5ccccc5)cc(-c5ccc6ccccc6c5)c5ccc2c3c45)cc1.c1ccc(-c2ccccc2-c2cc(-c3cccc4ccccc34)c3ccc4c(-c5ccccc5)cc(-c5ccc6ccccc6c5)c5ccc2c3c45)cc1.c1ccc2c(-c3ccc(-c4ccc5ccc6ccc(-c7cccc8ccccc78)c7ccc4c5c67)cc3)cccc2c1. The van der Waals surface area contributed by atoms with Gasteiger partial charge in [-0.3, -0.25) is 0 Å². The Labute approximate surface area is 834 Å². The number of rotatable bonds is 12. The fraction of sp³-hybridized carbons (Fsp3) is 0. The van der Waals surface area contributed by atoms with Crippen LogP contribution in [0.5, 0.6) is 0 Å². The zero-order valence-electron chi connectivity index (χ0n) is 79.0. The Morgan fingerprint density at radius 1 is 0.0694 bits per heavy atom. The predicted octanol–water partition coefficient (Wildman–Crippen LogP) is 40.7. The van der Waals surface area contributed by atoms with E-state index in [2.05, 4.69) is 546 Å². The summed E-state index contributed by atoms with van der Waals surface area (Å²) < 4.78 is 0. The fourth-order valence-corrected chi connectivity index (χ4v) is 23.9. The lowest BCUT2D eigenvalue weighted by atomic mass is 9.80. The van der Waals surface area contributed by atoms with Crippen molar-refractivity contribution in [1.29, 1.82) is 0 Å². The van der Waals surface area contributed by atoms with Crippen LogP contribution in [-0.2, 0) is 0 Å². The highest BCUT2D eigenvalue weighted by molar-refractivity contribution is 6.35. The first-order valence-corrected chi connectivity index (χ1v) is 50.0. The Morgan fingerprint density at radius 3 is 0.646 bits per heavy atom. The Balaban J connectivity index is 0.000000106. The molecule has 0 heterocycles. The van der Waals surface area contributed by atoms with Crippen molar-refractivity contribution in [3.05, 3.63) is 546 Å². The largest absolute Gasteiger partial charge is 0.0622 e. The van der Waals surface area contributed by atoms with Crippen molar-refractivity contribution >= 4 is 162 Å². The standard InChI is InChI=1S/C54H34.C48H30.C42H26/c1-3-15-36(16-4-1)41-23-11-12-24-43(41)51-34-52(44-25-13-21-37-19-9-10-22-42(37)44)48-30-28-45-49(38-17-5-2-6-18-38)33-50(46-29-31-47(51)54(48)53(45)46)40-27-26-35-14-7-8-20-39(35)32-40;1-3-13-33(14-4-1)43-29-45(37-21-19-31-11-7-9-17-35(31)27-37)41-26-24-40-44(34-15-5-2-6-16-34)30-46(42-25-23-39(43)47(41)48(40)42)38-22-20-32-12-8-10-18-36(32)28-38;1-3-11-33-27(7-1)9-5-13-34(33)29-15-17-30(18-16-29)36-23-21-31-19-20-32-22-24-38(40-26-25-39(36)41(31)42(32)40)37-14-6-10-28-8-2-4-12-35(28)37/h1-34H;1-30H;1-26H. The molecule has 0 heteroatoms. The molecule has 0 fully saturated rings. The van der Waals surface area contributed by atoms with E-state index < -0.39 is 0 Å². The summed E-state index contributed by atoms with van der Waals surface area (Å²) in [5.74, 6) is 0. The molecule has 30 rings (SSSR count). The van der Waals surface area contributed by atoms with Gasteiger partial charge in [-0.2, -0.15) is 0 Å². The van der Waals surface area contributed by atoms with Crippen LogP contribution in [0.15, 0.2) is 546 Å². The molecule has 0 radical (unpaired) electrons. The Morgan fingerprint density at radius 2 is 0.271 bits per heavy atom. The van der Waals surface area contributed by atoms with E-state index in [4.69, 9.17) is 0 Å². The van der Waals surface area contributed by atoms with Gasteiger partial charge in [-0.25, -0.2) is 0 Å². The summed E-state index contributed by atoms with van der Waals surface area (Å²) in [6.45, 7) is 0. The van der Waals surface area contributed by atoms with Crippen LogP contribution in [0.25, 0.3) is 295 Å². The summed E-state index contributed by atoms with van der Waals surface area (Å²) >= 11 is 0. The summed E-state index contributed by atoms with van der Waals surface area (Å²) in [5.41, 5.74) is 30.0. The van der Waals surface area contributed by atoms with Crippen LogP contribution in [0.4, 0.5) is 0 Å². The maximum Gasteiger partial charge on any atom is -0.00139 e. The smallest absolute Gasteiger partial charge is 0.00139 e. The van der Waals surface area contributed by atoms with Crippen molar-refractivity contribution in [3.63, 3.8) is 0 Å². The van der Waals surface area contributed by atoms with Crippen LogP contribution >= 0.6 is 0 Å². The second kappa shape index (κ2) is 34.7. The summed E-state index contributed by atoms with van der Waals surface area (Å²) in [4.78, 5) is 0. The molecular weight excluding hydrogens is 1730 g/mol. The molecule has 0 nitrogen and oxygen atoms in total. The van der Waals surface area contributed by atoms with Crippen molar-refractivity contribution < 1.29 is 0 Å². The summed E-state index contributed by atoms with van der Waals surface area (Å²) in [7, 11) is 0. The van der Waals surface area contributed by atoms with E-state index in [0.717, 1.165) is 0 Å². The van der Waals surface area contributed by atoms with E-state index in [1.807, 2.05) is 0 Å². The molecule has 0 aliphatic heterocycles. The Kier molecular flexibility index (Phi) is 20.1. The average Bonchev–Trinajstić information content (AvgIpc) is 0.705. The molecule has 0 saturated carbocycles. The van der Waals surface area contributed by atoms with E-state index in [1.54, 1.807) is 0 Å². The zero-order chi connectivity index (χ0) is 94.8. The van der Waals surface area contributed by atoms with Crippen molar-refractivity contribution in [2.45, 2.75) is 0 Å². The summed E-state index contributed by atoms with van der Waals surface area (Å²) in [5, 5.41) is 38.6. The number of fused-ring (bicyclic) bond motifs is 6. The van der Waals surface area contributed by atoms with Crippen LogP contribution in [0.1, 0.15) is 0 Å². The van der Waals surface area contributed by atoms with Gasteiger partial charge in [0.25, 0.3) is 0 Å². The third-order valence-electron chi connectivity index (χ3n) is 30.7. The highest BCUT2D eigenvalue weighted by atomic mass is 14.3. The highest BCUT2D eigenvalue weighted by Gasteiger charge is 2.27. The van der Waals surface area contributed by atoms with Gasteiger partial charge >= 0.3 is 0 Å². The molecule has 0 amide bonds. The minimum absolute atomic E-state index is 1.22. The molecule has 30 aromatic carbocycles. The minimum atomic E-state index is 1.22. The molecule has 0 aliphatic carbocycles. The summed E-state index contributed by atoms with van der Waals surface area (Å²) in [6, 6.07) is 201. The molecule has 144 heavy (non-hydrogen) atoms. The van der Waals surface area contributed by atoms with Gasteiger partial charge in [0, 0.05) is 0 Å². The van der Waals surface area contributed by atoms with Crippen molar-refractivity contribution in [1.82, 2.24) is 0 Å². The molecule has 0 bridgehead atoms. The molecule has 0 aromatic heterocycles. The first-order chi connectivity index (χ1) is 71.4. The molecule has 666 valence electrons. The van der Waals surface area contributed by atoms with Gasteiger partial charge in [0.1, 0.15) is 0 Å². The molecule has 0 aliphatic rings. The second-order valence-corrected chi connectivity index (χ2v) is 38.5. The molecule has 0 saturated heterocycles. The molecule has 0 spiro atoms.